The van der Waals surface area contributed by atoms with Gasteiger partial charge in [-0.3, -0.25) is 0 Å². The van der Waals surface area contributed by atoms with Gasteiger partial charge in [0.2, 0.25) is 0 Å². The highest BCUT2D eigenvalue weighted by molar-refractivity contribution is 5.95. The van der Waals surface area contributed by atoms with E-state index in [-0.39, 0.29) is 30.2 Å². The van der Waals surface area contributed by atoms with Crippen molar-refractivity contribution in [3.8, 4) is 0 Å². The minimum absolute atomic E-state index is 0.0186. The number of nitrogens with zero attached hydrogens (tertiary/aromatic N) is 2. The fourth-order valence-corrected chi connectivity index (χ4v) is 1.77. The summed E-state index contributed by atoms with van der Waals surface area (Å²) >= 11 is 0. The molecule has 0 aliphatic rings. The number of nitrogens with two attached hydrogens (primary N) is 1. The van der Waals surface area contributed by atoms with Crippen molar-refractivity contribution >= 4 is 17.5 Å². The third kappa shape index (κ3) is 5.13. The van der Waals surface area contributed by atoms with Crippen molar-refractivity contribution in [2.24, 2.45) is 0 Å². The number of rotatable bonds is 6. The number of hydrogen-bond acceptors (Lipinski definition) is 5. The maximum atomic E-state index is 12.6. The van der Waals surface area contributed by atoms with Crippen LogP contribution in [-0.4, -0.2) is 36.8 Å². The van der Waals surface area contributed by atoms with Gasteiger partial charge in [0.05, 0.1) is 24.1 Å². The first-order valence-electron chi connectivity index (χ1n) is 6.52. The van der Waals surface area contributed by atoms with Crippen LogP contribution in [0.25, 0.3) is 0 Å². The number of nitrogen functional groups attached to an aromatic ring is 1. The quantitative estimate of drug-likeness (QED) is 0.818. The average molecular weight is 305 g/mol. The number of carbonyl (C=O) groups is 1. The molecule has 0 saturated carbocycles. The summed E-state index contributed by atoms with van der Waals surface area (Å²) in [6.07, 6.45) is -2.68. The summed E-state index contributed by atoms with van der Waals surface area (Å²) in [4.78, 5) is 16.6. The van der Waals surface area contributed by atoms with Gasteiger partial charge in [-0.05, 0) is 19.4 Å². The van der Waals surface area contributed by atoms with E-state index in [9.17, 15) is 18.0 Å². The maximum Gasteiger partial charge on any atom is 0.405 e. The maximum absolute atomic E-state index is 12.6. The minimum atomic E-state index is -4.36. The predicted octanol–water partition coefficient (Wildman–Crippen LogP) is 2.62. The highest BCUT2D eigenvalue weighted by Crippen LogP contribution is 2.24. The van der Waals surface area contributed by atoms with E-state index in [1.807, 2.05) is 0 Å². The molecule has 0 radical (unpaired) electrons. The summed E-state index contributed by atoms with van der Waals surface area (Å²) in [5.74, 6) is -0.631. The molecule has 0 unspecified atom stereocenters. The van der Waals surface area contributed by atoms with Crippen molar-refractivity contribution in [3.63, 3.8) is 0 Å². The highest BCUT2D eigenvalue weighted by Gasteiger charge is 2.31. The number of alkyl halides is 3. The van der Waals surface area contributed by atoms with Gasteiger partial charge in [0.25, 0.3) is 0 Å². The van der Waals surface area contributed by atoms with Crippen LogP contribution in [0, 0.1) is 0 Å². The van der Waals surface area contributed by atoms with Crippen LogP contribution in [-0.2, 0) is 4.74 Å². The van der Waals surface area contributed by atoms with Crippen LogP contribution < -0.4 is 10.6 Å². The summed E-state index contributed by atoms with van der Waals surface area (Å²) < 4.78 is 42.6. The number of pyridine rings is 1. The lowest BCUT2D eigenvalue weighted by molar-refractivity contribution is -0.119. The first kappa shape index (κ1) is 17.1. The molecule has 2 N–H and O–H groups in total. The van der Waals surface area contributed by atoms with Gasteiger partial charge in [-0.2, -0.15) is 13.2 Å². The molecule has 5 nitrogen and oxygen atoms in total. The average Bonchev–Trinajstić information content (AvgIpc) is 2.37. The molecule has 1 rings (SSSR count). The van der Waals surface area contributed by atoms with Crippen molar-refractivity contribution < 1.29 is 22.7 Å². The van der Waals surface area contributed by atoms with Crippen molar-refractivity contribution in [2.75, 3.05) is 30.3 Å². The van der Waals surface area contributed by atoms with Crippen LogP contribution in [0.4, 0.5) is 24.7 Å². The lowest BCUT2D eigenvalue weighted by Gasteiger charge is -2.24. The second kappa shape index (κ2) is 7.14. The van der Waals surface area contributed by atoms with Crippen LogP contribution >= 0.6 is 0 Å². The third-order valence-electron chi connectivity index (χ3n) is 2.60. The number of aromatic nitrogens is 1. The second-order valence-corrected chi connectivity index (χ2v) is 4.39. The summed E-state index contributed by atoms with van der Waals surface area (Å²) in [6, 6.07) is 1.23. The minimum Gasteiger partial charge on any atom is -0.462 e. The third-order valence-corrected chi connectivity index (χ3v) is 2.60. The molecule has 0 spiro atoms. The van der Waals surface area contributed by atoms with Gasteiger partial charge < -0.3 is 15.4 Å². The van der Waals surface area contributed by atoms with Gasteiger partial charge in [0.15, 0.2) is 0 Å². The van der Waals surface area contributed by atoms with Crippen molar-refractivity contribution in [1.29, 1.82) is 0 Å². The molecule has 0 bridgehead atoms. The van der Waals surface area contributed by atoms with E-state index >= 15 is 0 Å². The summed E-state index contributed by atoms with van der Waals surface area (Å²) in [7, 11) is 0. The molecule has 0 saturated heterocycles. The zero-order valence-electron chi connectivity index (χ0n) is 11.9. The monoisotopic (exact) mass is 305 g/mol. The van der Waals surface area contributed by atoms with Gasteiger partial charge in [-0.15, -0.1) is 0 Å². The van der Waals surface area contributed by atoms with Crippen LogP contribution in [0.2, 0.25) is 0 Å². The van der Waals surface area contributed by atoms with E-state index in [0.717, 1.165) is 4.90 Å². The molecule has 1 heterocycles. The van der Waals surface area contributed by atoms with Crippen molar-refractivity contribution in [2.45, 2.75) is 26.4 Å². The highest BCUT2D eigenvalue weighted by atomic mass is 19.4. The summed E-state index contributed by atoms with van der Waals surface area (Å²) in [5.41, 5.74) is 5.71. The molecule has 1 aromatic heterocycles. The molecule has 0 aromatic carbocycles. The standard InChI is InChI=1S/C13H18F3N3O2/c1-3-5-19(8-13(14,15)16)11-6-9(10(17)7-18-11)12(20)21-4-2/h6-7H,3-5,8,17H2,1-2H3. The van der Waals surface area contributed by atoms with E-state index in [0.29, 0.717) is 6.42 Å². The van der Waals surface area contributed by atoms with Gasteiger partial charge in [0.1, 0.15) is 12.4 Å². The van der Waals surface area contributed by atoms with E-state index in [2.05, 4.69) is 4.98 Å². The molecular formula is C13H18F3N3O2. The smallest absolute Gasteiger partial charge is 0.405 e. The zero-order valence-corrected chi connectivity index (χ0v) is 11.9. The van der Waals surface area contributed by atoms with E-state index < -0.39 is 18.7 Å². The zero-order chi connectivity index (χ0) is 16.0. The molecular weight excluding hydrogens is 287 g/mol. The molecule has 118 valence electrons. The molecule has 0 amide bonds. The number of hydrogen-bond donors (Lipinski definition) is 1. The normalized spacial score (nSPS) is 11.3. The number of ether oxygens (including phenoxy) is 1. The van der Waals surface area contributed by atoms with Crippen LogP contribution in [0.3, 0.4) is 0 Å². The van der Waals surface area contributed by atoms with Gasteiger partial charge >= 0.3 is 12.1 Å². The Balaban J connectivity index is 3.09. The molecule has 0 aliphatic carbocycles. The second-order valence-electron chi connectivity index (χ2n) is 4.39. The first-order valence-corrected chi connectivity index (χ1v) is 6.52. The molecule has 0 fully saturated rings. The molecule has 0 atom stereocenters. The summed E-state index contributed by atoms with van der Waals surface area (Å²) in [6.45, 7) is 2.56. The fraction of sp³-hybridized carbons (Fsp3) is 0.538. The van der Waals surface area contributed by atoms with Crippen LogP contribution in [0.5, 0.6) is 0 Å². The molecule has 8 heteroatoms. The number of esters is 1. The number of carbonyl (C=O) groups excluding carboxylic acids is 1. The predicted molar refractivity (Wildman–Crippen MR) is 73.2 cm³/mol. The lowest BCUT2D eigenvalue weighted by Crippen LogP contribution is -2.35. The Morgan fingerprint density at radius 3 is 2.62 bits per heavy atom. The Labute approximate surface area is 120 Å². The van der Waals surface area contributed by atoms with Gasteiger partial charge in [0, 0.05) is 6.54 Å². The van der Waals surface area contributed by atoms with E-state index in [1.165, 1.54) is 12.3 Å². The van der Waals surface area contributed by atoms with Crippen LogP contribution in [0.1, 0.15) is 30.6 Å². The van der Waals surface area contributed by atoms with E-state index in [4.69, 9.17) is 10.5 Å². The SMILES string of the molecule is CCCN(CC(F)(F)F)c1cc(C(=O)OCC)c(N)cn1. The van der Waals surface area contributed by atoms with Crippen molar-refractivity contribution in [1.82, 2.24) is 4.98 Å². The Morgan fingerprint density at radius 1 is 1.43 bits per heavy atom. The Kier molecular flexibility index (Phi) is 5.80. The Bertz CT molecular complexity index is 492. The Morgan fingerprint density at radius 2 is 2.10 bits per heavy atom. The van der Waals surface area contributed by atoms with Crippen molar-refractivity contribution in [3.05, 3.63) is 17.8 Å². The largest absolute Gasteiger partial charge is 0.462 e. The van der Waals surface area contributed by atoms with E-state index in [1.54, 1.807) is 13.8 Å². The van der Waals surface area contributed by atoms with Gasteiger partial charge in [-0.1, -0.05) is 6.92 Å². The first-order chi connectivity index (χ1) is 9.78. The Hall–Kier alpha value is -1.99. The lowest BCUT2D eigenvalue weighted by atomic mass is 10.2. The molecule has 0 aliphatic heterocycles. The molecule has 1 aromatic rings. The van der Waals surface area contributed by atoms with Gasteiger partial charge in [-0.25, -0.2) is 9.78 Å². The van der Waals surface area contributed by atoms with Crippen LogP contribution in [0.15, 0.2) is 12.3 Å². The number of anilines is 2. The number of halogens is 3. The summed E-state index contributed by atoms with van der Waals surface area (Å²) in [5, 5.41) is 0. The topological polar surface area (TPSA) is 68.5 Å². The molecule has 21 heavy (non-hydrogen) atoms. The fourth-order valence-electron chi connectivity index (χ4n) is 1.77.